The largest absolute Gasteiger partial charge is 0.494 e. The van der Waals surface area contributed by atoms with Crippen LogP contribution >= 0.6 is 23.5 Å². The van der Waals surface area contributed by atoms with Crippen molar-refractivity contribution in [1.82, 2.24) is 30.5 Å². The van der Waals surface area contributed by atoms with E-state index in [1.54, 1.807) is 30.3 Å². The number of anilines is 2. The highest BCUT2D eigenvalue weighted by atomic mass is 31.3. The number of hydrogen-bond acceptors (Lipinski definition) is 36. The number of hydrogen-bond donors (Lipinski definition) is 10. The number of aldehydes is 1. The number of unbranched alkanes of at least 4 members (excludes halogenated alkanes) is 2. The molecule has 5 aromatic rings. The summed E-state index contributed by atoms with van der Waals surface area (Å²) in [6, 6.07) is 19.8. The van der Waals surface area contributed by atoms with E-state index < -0.39 is 72.9 Å². The molecule has 6 unspecified atom stereocenters. The summed E-state index contributed by atoms with van der Waals surface area (Å²) in [5.74, 6) is 5.66. The van der Waals surface area contributed by atoms with Gasteiger partial charge in [-0.25, -0.2) is 13.7 Å². The van der Waals surface area contributed by atoms with E-state index in [2.05, 4.69) is 95.8 Å². The summed E-state index contributed by atoms with van der Waals surface area (Å²) in [5.41, 5.74) is 30.1. The molecule has 52 heteroatoms. The van der Waals surface area contributed by atoms with Crippen molar-refractivity contribution in [2.75, 3.05) is 235 Å². The fraction of sp³-hybridized carbons (Fsp3) is 0.573. The van der Waals surface area contributed by atoms with Crippen molar-refractivity contribution in [3.05, 3.63) is 137 Å². The van der Waals surface area contributed by atoms with E-state index in [0.717, 1.165) is 76.3 Å². The van der Waals surface area contributed by atoms with Gasteiger partial charge in [-0.15, -0.1) is 0 Å². The Labute approximate surface area is 813 Å². The van der Waals surface area contributed by atoms with Crippen molar-refractivity contribution in [2.45, 2.75) is 110 Å². The second kappa shape index (κ2) is 65.1. The molecule has 11 N–H and O–H groups in total. The number of ketones is 1. The van der Waals surface area contributed by atoms with Crippen LogP contribution in [-0.2, 0) is 112 Å². The summed E-state index contributed by atoms with van der Waals surface area (Å²) < 4.78 is 151. The number of phosphoric acid groups is 3. The lowest BCUT2D eigenvalue weighted by Gasteiger charge is -2.21. The number of Topliss-reactive ketones (excluding diaryl/α,β-unsaturated/α-hetero) is 1. The Hall–Kier alpha value is -10.3. The fourth-order valence-electron chi connectivity index (χ4n) is 13.7. The quantitative estimate of drug-likeness (QED) is 0.00248. The number of azide groups is 2. The first-order chi connectivity index (χ1) is 68.2. The van der Waals surface area contributed by atoms with Gasteiger partial charge in [0.05, 0.1) is 181 Å². The third-order valence-corrected chi connectivity index (χ3v) is 24.0. The summed E-state index contributed by atoms with van der Waals surface area (Å²) >= 11 is 0. The number of carbonyl (C=O) groups excluding carboxylic acids is 5. The molecular formula is C89H126N15O34P3. The monoisotopic (exact) mass is 2040 g/mol. The lowest BCUT2D eigenvalue weighted by Crippen LogP contribution is -2.35. The number of aryl methyl sites for hydroxylation is 2. The molecule has 6 atom stereocenters. The Balaban J connectivity index is 0.527. The van der Waals surface area contributed by atoms with E-state index in [-0.39, 0.29) is 130 Å². The molecule has 3 aliphatic rings. The van der Waals surface area contributed by atoms with Gasteiger partial charge in [-0.2, -0.15) is 13.6 Å². The number of aromatic nitrogens is 3. The number of nitrogens with one attached hydrogen (secondary N) is 5. The topological polar surface area (TPSA) is 650 Å². The van der Waals surface area contributed by atoms with Gasteiger partial charge in [-0.1, -0.05) is 28.1 Å². The first kappa shape index (κ1) is 116. The SMILES string of the molecule is CCN=c1cc2oc3cc(NCC)c(C)cc3c(-c3cc(OCCCC(=O)NCCOCCCCCOCCOCCOCCOCCOCCOCCOCCOCCOCCOCCC(=O)NCCNC(=O)c4cccc(OCC(N=[N+]=[N-])OCCOCC(=O)CCC#Cc5cn(C6CC(OCN=[N+]=[N-])C(COP(=O)(O)OP(=O)(O)OP(=O)(O)O)O6)c6nc(N)[nH]c(=O)c56)c4)ccc3C=O)c-2cc1C. The molecule has 0 radical (unpaired) electrons. The molecule has 1 saturated heterocycles. The lowest BCUT2D eigenvalue weighted by atomic mass is 9.89. The third-order valence-electron chi connectivity index (χ3n) is 20.2. The zero-order valence-corrected chi connectivity index (χ0v) is 81.9. The van der Waals surface area contributed by atoms with Crippen LogP contribution in [0.1, 0.15) is 115 Å². The van der Waals surface area contributed by atoms with E-state index in [1.165, 1.54) is 16.8 Å². The highest BCUT2D eigenvalue weighted by Gasteiger charge is 2.44. The number of H-pyrrole nitrogens is 1. The van der Waals surface area contributed by atoms with Crippen LogP contribution in [0.2, 0.25) is 0 Å². The van der Waals surface area contributed by atoms with Crippen LogP contribution in [0.3, 0.4) is 0 Å². The lowest BCUT2D eigenvalue weighted by molar-refractivity contribution is -0.124. The number of aromatic amines is 1. The van der Waals surface area contributed by atoms with Gasteiger partial charge in [0.15, 0.2) is 23.9 Å². The summed E-state index contributed by atoms with van der Waals surface area (Å²) in [4.78, 5) is 130. The number of amides is 3. The second-order valence-corrected chi connectivity index (χ2v) is 35.2. The fourth-order valence-corrected chi connectivity index (χ4v) is 16.7. The van der Waals surface area contributed by atoms with Gasteiger partial charge in [0.25, 0.3) is 11.5 Å². The van der Waals surface area contributed by atoms with Crippen molar-refractivity contribution in [3.8, 4) is 45.8 Å². The zero-order valence-electron chi connectivity index (χ0n) is 79.2. The first-order valence-corrected chi connectivity index (χ1v) is 50.3. The summed E-state index contributed by atoms with van der Waals surface area (Å²) in [5, 5.41) is 20.3. The molecule has 3 amide bonds. The number of rotatable bonds is 76. The van der Waals surface area contributed by atoms with Crippen LogP contribution in [0.25, 0.3) is 65.3 Å². The van der Waals surface area contributed by atoms with E-state index >= 15 is 0 Å². The van der Waals surface area contributed by atoms with Crippen molar-refractivity contribution in [2.24, 2.45) is 15.2 Å². The number of nitrogens with zero attached hydrogens (tertiary/aromatic N) is 9. The zero-order chi connectivity index (χ0) is 101. The second-order valence-electron chi connectivity index (χ2n) is 30.8. The number of benzene rings is 4. The van der Waals surface area contributed by atoms with Gasteiger partial charge in [-0.05, 0) is 130 Å². The maximum atomic E-state index is 13.2. The number of nitrogen functional groups attached to an aromatic ring is 1. The van der Waals surface area contributed by atoms with Gasteiger partial charge < -0.3 is 136 Å². The van der Waals surface area contributed by atoms with Gasteiger partial charge in [0.1, 0.15) is 55.1 Å². The van der Waals surface area contributed by atoms with Gasteiger partial charge in [0.2, 0.25) is 17.8 Å². The highest BCUT2D eigenvalue weighted by molar-refractivity contribution is 7.66. The molecule has 0 bridgehead atoms. The molecule has 141 heavy (non-hydrogen) atoms. The number of carbonyl (C=O) groups is 5. The predicted octanol–water partition coefficient (Wildman–Crippen LogP) is 8.90. The van der Waals surface area contributed by atoms with E-state index in [0.29, 0.717) is 187 Å². The maximum absolute atomic E-state index is 13.2. The Morgan fingerprint density at radius 1 is 0.660 bits per heavy atom. The Morgan fingerprint density at radius 2 is 1.28 bits per heavy atom. The number of phosphoric ester groups is 1. The third kappa shape index (κ3) is 44.2. The van der Waals surface area contributed by atoms with Crippen LogP contribution in [0.4, 0.5) is 11.6 Å². The molecule has 1 aliphatic carbocycles. The van der Waals surface area contributed by atoms with Gasteiger partial charge in [0, 0.05) is 140 Å². The van der Waals surface area contributed by atoms with Crippen molar-refractivity contribution < 1.29 is 155 Å². The minimum Gasteiger partial charge on any atom is -0.494 e. The number of ether oxygens (including phenoxy) is 17. The average molecular weight is 2040 g/mol. The molecule has 2 aromatic heterocycles. The summed E-state index contributed by atoms with van der Waals surface area (Å²) in [7, 11) is -17.1. The molecule has 8 rings (SSSR count). The summed E-state index contributed by atoms with van der Waals surface area (Å²) in [6.07, 6.45) is 0.895. The van der Waals surface area contributed by atoms with E-state index in [9.17, 15) is 52.2 Å². The number of fused-ring (bicyclic) bond motifs is 3. The Morgan fingerprint density at radius 3 is 1.91 bits per heavy atom. The molecule has 4 heterocycles. The Bertz CT molecular complexity index is 5490. The minimum atomic E-state index is -5.86. The van der Waals surface area contributed by atoms with Crippen LogP contribution in [-0.4, -0.2) is 307 Å². The standard InChI is InChI=1S/C89H126N15O34P3/c1-5-93-74-54-76-72(50-63(74)3)85(73-51-64(4)75(94-6-2)55-77(73)135-76)71-53-70(20-19-67(71)58-105)130-27-13-18-80(107)96-24-29-118-25-10-7-11-26-119-30-32-121-34-36-123-38-40-125-42-44-127-46-47-128-45-43-126-41-39-124-37-35-122-33-31-120-28-21-81(108)95-22-23-97-87(109)65-15-12-17-69(52-65)132-61-82(101-103-92)131-49-48-129-59-68(106)16-9-8-14-66-57-104(86-84(66)88(110)100-89(90)99-86)83-56-78(133-62-98-102-91)79(136-83)60-134-140(114,115)138-141(116,117)137-139(111,112)113/h12,15,17,19-20,50-55,57-58,78-79,82-83,93H,5-7,9-11,13,16,18,21-49,56,59-62H2,1-4H3,(H,95,108)(H,96,107)(H,97,109)(H,114,115)(H,116,117)(H2,111,112,113)(H3,90,99,100,110). The van der Waals surface area contributed by atoms with Gasteiger partial charge >= 0.3 is 23.5 Å². The minimum absolute atomic E-state index is 0.00973. The average Bonchev–Trinajstić information content (AvgIpc) is 1.32. The molecule has 776 valence electrons. The van der Waals surface area contributed by atoms with Crippen LogP contribution in [0.5, 0.6) is 11.5 Å². The Kier molecular flexibility index (Phi) is 53.5. The first-order valence-electron chi connectivity index (χ1n) is 45.8. The smallest absolute Gasteiger partial charge is 0.490 e. The molecule has 1 fully saturated rings. The molecule has 49 nitrogen and oxygen atoms in total. The number of nitrogens with two attached hydrogens (primary N) is 1. The van der Waals surface area contributed by atoms with E-state index in [4.69, 9.17) is 116 Å². The maximum Gasteiger partial charge on any atom is 0.490 e. The predicted molar refractivity (Wildman–Crippen MR) is 509 cm³/mol. The van der Waals surface area contributed by atoms with E-state index in [1.807, 2.05) is 39.0 Å². The summed E-state index contributed by atoms with van der Waals surface area (Å²) in [6.45, 7) is 17.3. The molecule has 0 spiro atoms. The molecule has 0 saturated carbocycles. The van der Waals surface area contributed by atoms with Crippen molar-refractivity contribution >= 4 is 86.9 Å². The highest BCUT2D eigenvalue weighted by Crippen LogP contribution is 2.66. The van der Waals surface area contributed by atoms with Crippen LogP contribution < -0.4 is 47.4 Å². The molecular weight excluding hydrogens is 1920 g/mol. The molecule has 2 aliphatic heterocycles. The van der Waals surface area contributed by atoms with Crippen LogP contribution in [0.15, 0.2) is 97.4 Å². The van der Waals surface area contributed by atoms with Gasteiger partial charge in [-0.3, -0.25) is 43.3 Å². The normalized spacial score (nSPS) is 14.9. The van der Waals surface area contributed by atoms with Crippen molar-refractivity contribution in [1.29, 1.82) is 0 Å². The van der Waals surface area contributed by atoms with Crippen molar-refractivity contribution in [3.63, 3.8) is 0 Å². The van der Waals surface area contributed by atoms with Crippen LogP contribution in [0, 0.1) is 25.7 Å². The molecule has 3 aromatic carbocycles.